The first-order valence-electron chi connectivity index (χ1n) is 14.2. The Morgan fingerprint density at radius 1 is 0.875 bits per heavy atom. The van der Waals surface area contributed by atoms with E-state index < -0.39 is 0 Å². The lowest BCUT2D eigenvalue weighted by molar-refractivity contribution is -0.179. The van der Waals surface area contributed by atoms with E-state index >= 15 is 0 Å². The highest BCUT2D eigenvalue weighted by molar-refractivity contribution is 5.66. The molecule has 0 aromatic carbocycles. The van der Waals surface area contributed by atoms with Crippen LogP contribution >= 0.6 is 0 Å². The predicted octanol–water partition coefficient (Wildman–Crippen LogP) is 8.43. The minimum atomic E-state index is -0.226. The minimum Gasteiger partial charge on any atom is -0.460 e. The number of carbonyl (C=O) groups is 1. The van der Waals surface area contributed by atoms with Crippen LogP contribution in [0, 0.1) is 52.3 Å². The summed E-state index contributed by atoms with van der Waals surface area (Å²) in [6.45, 7) is 16.4. The molecule has 0 saturated heterocycles. The summed E-state index contributed by atoms with van der Waals surface area (Å²) in [4.78, 5) is 11.7. The van der Waals surface area contributed by atoms with Crippen LogP contribution in [0.3, 0.4) is 0 Å². The summed E-state index contributed by atoms with van der Waals surface area (Å²) in [7, 11) is 0. The summed E-state index contributed by atoms with van der Waals surface area (Å²) < 4.78 is 5.84. The van der Waals surface area contributed by atoms with E-state index in [1.807, 2.05) is 0 Å². The van der Waals surface area contributed by atoms with Crippen molar-refractivity contribution in [3.63, 3.8) is 0 Å². The largest absolute Gasteiger partial charge is 0.460 e. The lowest BCUT2D eigenvalue weighted by atomic mass is 9.43. The van der Waals surface area contributed by atoms with Gasteiger partial charge >= 0.3 is 5.97 Å². The monoisotopic (exact) mass is 444 g/mol. The summed E-state index contributed by atoms with van der Waals surface area (Å²) in [5.41, 5.74) is 0.823. The van der Waals surface area contributed by atoms with Crippen molar-refractivity contribution in [1.29, 1.82) is 0 Å². The second-order valence-electron chi connectivity index (χ2n) is 13.9. The zero-order valence-electron chi connectivity index (χ0n) is 22.3. The molecule has 0 radical (unpaired) electrons. The van der Waals surface area contributed by atoms with Crippen LogP contribution in [-0.4, -0.2) is 11.6 Å². The van der Waals surface area contributed by atoms with Gasteiger partial charge in [-0.25, -0.2) is 0 Å². The van der Waals surface area contributed by atoms with Crippen LogP contribution < -0.4 is 0 Å². The number of hydrogen-bond acceptors (Lipinski definition) is 2. The smallest absolute Gasteiger partial charge is 0.303 e. The van der Waals surface area contributed by atoms with Crippen molar-refractivity contribution in [1.82, 2.24) is 0 Å². The van der Waals surface area contributed by atoms with Crippen LogP contribution in [0.4, 0.5) is 0 Å². The van der Waals surface area contributed by atoms with Gasteiger partial charge in [0.1, 0.15) is 5.60 Å². The fourth-order valence-electron chi connectivity index (χ4n) is 9.88. The average molecular weight is 445 g/mol. The summed E-state index contributed by atoms with van der Waals surface area (Å²) in [5.74, 6) is 6.13. The van der Waals surface area contributed by atoms with Crippen molar-refractivity contribution in [3.05, 3.63) is 0 Å². The van der Waals surface area contributed by atoms with Gasteiger partial charge in [0.05, 0.1) is 0 Å². The van der Waals surface area contributed by atoms with Gasteiger partial charge in [0.2, 0.25) is 0 Å². The predicted molar refractivity (Wildman–Crippen MR) is 133 cm³/mol. The third kappa shape index (κ3) is 4.31. The molecule has 4 rings (SSSR count). The Balaban J connectivity index is 1.45. The topological polar surface area (TPSA) is 26.3 Å². The molecule has 0 aliphatic heterocycles. The Morgan fingerprint density at radius 3 is 2.28 bits per heavy atom. The molecule has 0 bridgehead atoms. The lowest BCUT2D eigenvalue weighted by Gasteiger charge is -2.62. The molecule has 0 unspecified atom stereocenters. The van der Waals surface area contributed by atoms with Gasteiger partial charge in [-0.15, -0.1) is 0 Å². The van der Waals surface area contributed by atoms with Gasteiger partial charge in [-0.3, -0.25) is 4.79 Å². The van der Waals surface area contributed by atoms with E-state index in [0.717, 1.165) is 54.3 Å². The molecular formula is C30H52O2. The molecule has 4 aliphatic rings. The van der Waals surface area contributed by atoms with Crippen molar-refractivity contribution in [2.45, 2.75) is 131 Å². The van der Waals surface area contributed by atoms with Crippen LogP contribution in [0.15, 0.2) is 0 Å². The summed E-state index contributed by atoms with van der Waals surface area (Å²) in [6.07, 6.45) is 16.3. The van der Waals surface area contributed by atoms with Gasteiger partial charge in [0, 0.05) is 6.92 Å². The van der Waals surface area contributed by atoms with E-state index in [2.05, 4.69) is 41.5 Å². The molecule has 0 aromatic heterocycles. The van der Waals surface area contributed by atoms with Crippen LogP contribution in [-0.2, 0) is 9.53 Å². The second kappa shape index (κ2) is 8.92. The van der Waals surface area contributed by atoms with E-state index in [4.69, 9.17) is 4.74 Å². The number of hydrogen-bond donors (Lipinski definition) is 0. The first-order valence-corrected chi connectivity index (χ1v) is 14.2. The van der Waals surface area contributed by atoms with Crippen molar-refractivity contribution in [3.8, 4) is 0 Å². The zero-order chi connectivity index (χ0) is 23.3. The van der Waals surface area contributed by atoms with E-state index in [9.17, 15) is 4.79 Å². The van der Waals surface area contributed by atoms with Gasteiger partial charge in [0.25, 0.3) is 0 Å². The van der Waals surface area contributed by atoms with Gasteiger partial charge in [-0.1, -0.05) is 53.9 Å². The Hall–Kier alpha value is -0.530. The standard InChI is InChI=1S/C30H52O2/c1-20(2)9-8-10-21(3)25-13-14-26-24-12-11-23-19-28(5,32-22(4)31)17-18-29(23,6)27(24)15-16-30(25,26)7/h20-21,23-27H,8-19H2,1-7H3/t21-,23+,24+,25-,26+,27+,28-,29+,30-/m1/s1. The molecule has 184 valence electrons. The Bertz CT molecular complexity index is 684. The molecule has 2 heteroatoms. The third-order valence-electron chi connectivity index (χ3n) is 11.5. The summed E-state index contributed by atoms with van der Waals surface area (Å²) in [6, 6.07) is 0. The number of fused-ring (bicyclic) bond motifs is 5. The van der Waals surface area contributed by atoms with E-state index in [0.29, 0.717) is 10.8 Å². The van der Waals surface area contributed by atoms with Gasteiger partial charge in [0.15, 0.2) is 0 Å². The Labute approximate surface area is 199 Å². The quantitative estimate of drug-likeness (QED) is 0.384. The Morgan fingerprint density at radius 2 is 1.59 bits per heavy atom. The minimum absolute atomic E-state index is 0.0993. The maximum atomic E-state index is 11.7. The van der Waals surface area contributed by atoms with Crippen LogP contribution in [0.5, 0.6) is 0 Å². The van der Waals surface area contributed by atoms with Gasteiger partial charge < -0.3 is 4.74 Å². The molecule has 0 spiro atoms. The van der Waals surface area contributed by atoms with Crippen LogP contribution in [0.25, 0.3) is 0 Å². The van der Waals surface area contributed by atoms with Crippen molar-refractivity contribution in [2.75, 3.05) is 0 Å². The SMILES string of the molecule is CC(=O)O[C@]1(C)CC[C@@]2(C)[C@@H](CC[C@@H]3[C@@H]2CC[C@]2(C)[C@@H]([C@H](C)CCCC(C)C)CC[C@@H]32)C1. The van der Waals surface area contributed by atoms with Crippen molar-refractivity contribution >= 4 is 5.97 Å². The maximum Gasteiger partial charge on any atom is 0.303 e. The number of ether oxygens (including phenoxy) is 1. The lowest BCUT2D eigenvalue weighted by Crippen LogP contribution is -2.56. The highest BCUT2D eigenvalue weighted by atomic mass is 16.6. The summed E-state index contributed by atoms with van der Waals surface area (Å²) >= 11 is 0. The fraction of sp³-hybridized carbons (Fsp3) is 0.967. The number of rotatable bonds is 6. The highest BCUT2D eigenvalue weighted by Crippen LogP contribution is 2.69. The molecule has 2 nitrogen and oxygen atoms in total. The molecule has 4 fully saturated rings. The van der Waals surface area contributed by atoms with Gasteiger partial charge in [-0.2, -0.15) is 0 Å². The summed E-state index contributed by atoms with van der Waals surface area (Å²) in [5, 5.41) is 0. The molecule has 0 amide bonds. The highest BCUT2D eigenvalue weighted by Gasteiger charge is 2.61. The van der Waals surface area contributed by atoms with Crippen LogP contribution in [0.1, 0.15) is 126 Å². The van der Waals surface area contributed by atoms with E-state index in [1.165, 1.54) is 64.2 Å². The molecule has 0 N–H and O–H groups in total. The Kier molecular flexibility index (Phi) is 6.85. The molecule has 9 atom stereocenters. The zero-order valence-corrected chi connectivity index (χ0v) is 22.3. The second-order valence-corrected chi connectivity index (χ2v) is 13.9. The van der Waals surface area contributed by atoms with Crippen molar-refractivity contribution < 1.29 is 9.53 Å². The number of esters is 1. The molecule has 32 heavy (non-hydrogen) atoms. The van der Waals surface area contributed by atoms with E-state index in [1.54, 1.807) is 6.92 Å². The fourth-order valence-corrected chi connectivity index (χ4v) is 9.88. The van der Waals surface area contributed by atoms with E-state index in [-0.39, 0.29) is 11.6 Å². The average Bonchev–Trinajstić information content (AvgIpc) is 3.05. The number of carbonyl (C=O) groups excluding carboxylic acids is 1. The molecule has 4 saturated carbocycles. The van der Waals surface area contributed by atoms with Crippen molar-refractivity contribution in [2.24, 2.45) is 52.3 Å². The maximum absolute atomic E-state index is 11.7. The third-order valence-corrected chi connectivity index (χ3v) is 11.5. The molecule has 4 aliphatic carbocycles. The normalized spacial score (nSPS) is 46.8. The molecule has 0 heterocycles. The molecular weight excluding hydrogens is 392 g/mol. The van der Waals surface area contributed by atoms with Crippen LogP contribution in [0.2, 0.25) is 0 Å². The first kappa shape index (κ1) is 24.6. The first-order chi connectivity index (χ1) is 15.0. The van der Waals surface area contributed by atoms with Gasteiger partial charge in [-0.05, 0) is 117 Å². The molecule has 0 aromatic rings.